The van der Waals surface area contributed by atoms with Gasteiger partial charge in [-0.25, -0.2) is 4.39 Å². The lowest BCUT2D eigenvalue weighted by Gasteiger charge is -2.15. The van der Waals surface area contributed by atoms with Crippen LogP contribution in [0.5, 0.6) is 5.75 Å². The zero-order valence-electron chi connectivity index (χ0n) is 11.6. The smallest absolute Gasteiger partial charge is 0.151 e. The van der Waals surface area contributed by atoms with Gasteiger partial charge in [0.25, 0.3) is 0 Å². The van der Waals surface area contributed by atoms with Crippen molar-refractivity contribution in [3.05, 3.63) is 36.4 Å². The molecular formula is C15H16FN3O2. The molecule has 5 nitrogen and oxygen atoms in total. The van der Waals surface area contributed by atoms with Crippen LogP contribution in [0.15, 0.2) is 36.4 Å². The van der Waals surface area contributed by atoms with Gasteiger partial charge in [-0.3, -0.25) is 0 Å². The predicted molar refractivity (Wildman–Crippen MR) is 77.1 cm³/mol. The van der Waals surface area contributed by atoms with Gasteiger partial charge >= 0.3 is 0 Å². The largest absolute Gasteiger partial charge is 0.496 e. The molecule has 1 aliphatic heterocycles. The molecule has 3 rings (SSSR count). The lowest BCUT2D eigenvalue weighted by molar-refractivity contribution is 0.118. The molecule has 1 aromatic heterocycles. The Bertz CT molecular complexity index is 611. The Balaban J connectivity index is 1.84. The van der Waals surface area contributed by atoms with E-state index in [9.17, 15) is 9.50 Å². The van der Waals surface area contributed by atoms with Crippen LogP contribution in [-0.2, 0) is 0 Å². The van der Waals surface area contributed by atoms with Crippen LogP contribution in [0.1, 0.15) is 0 Å². The van der Waals surface area contributed by atoms with Gasteiger partial charge in [-0.15, -0.1) is 10.2 Å². The lowest BCUT2D eigenvalue weighted by atomic mass is 10.1. The van der Waals surface area contributed by atoms with E-state index in [1.165, 1.54) is 0 Å². The first-order chi connectivity index (χ1) is 10.2. The van der Waals surface area contributed by atoms with Crippen molar-refractivity contribution in [2.75, 3.05) is 25.1 Å². The number of rotatable bonds is 3. The van der Waals surface area contributed by atoms with E-state index < -0.39 is 12.3 Å². The first-order valence-corrected chi connectivity index (χ1v) is 6.73. The molecule has 0 spiro atoms. The molecule has 1 aromatic carbocycles. The average molecular weight is 289 g/mol. The summed E-state index contributed by atoms with van der Waals surface area (Å²) in [5.41, 5.74) is 1.54. The second kappa shape index (κ2) is 5.65. The maximum absolute atomic E-state index is 13.3. The number of alkyl halides is 1. The fourth-order valence-corrected chi connectivity index (χ4v) is 2.43. The van der Waals surface area contributed by atoms with Gasteiger partial charge in [0.05, 0.1) is 19.3 Å². The van der Waals surface area contributed by atoms with Crippen LogP contribution in [0.3, 0.4) is 0 Å². The molecule has 21 heavy (non-hydrogen) atoms. The second-order valence-corrected chi connectivity index (χ2v) is 4.97. The Kier molecular flexibility index (Phi) is 3.70. The first kappa shape index (κ1) is 13.8. The lowest BCUT2D eigenvalue weighted by Crippen LogP contribution is -2.22. The number of aliphatic hydroxyl groups is 1. The van der Waals surface area contributed by atoms with E-state index in [2.05, 4.69) is 10.2 Å². The molecule has 2 heterocycles. The molecule has 0 amide bonds. The van der Waals surface area contributed by atoms with E-state index in [0.29, 0.717) is 11.5 Å². The molecule has 2 atom stereocenters. The molecule has 1 N–H and O–H groups in total. The van der Waals surface area contributed by atoms with Crippen LogP contribution in [0.4, 0.5) is 10.2 Å². The molecular weight excluding hydrogens is 273 g/mol. The molecule has 0 aliphatic carbocycles. The van der Waals surface area contributed by atoms with E-state index in [-0.39, 0.29) is 13.1 Å². The van der Waals surface area contributed by atoms with Gasteiger partial charge in [0, 0.05) is 12.1 Å². The third-order valence-electron chi connectivity index (χ3n) is 3.58. The summed E-state index contributed by atoms with van der Waals surface area (Å²) in [5, 5.41) is 17.7. The van der Waals surface area contributed by atoms with Gasteiger partial charge in [0.15, 0.2) is 5.82 Å². The van der Waals surface area contributed by atoms with E-state index in [0.717, 1.165) is 11.3 Å². The number of methoxy groups -OCH3 is 1. The minimum absolute atomic E-state index is 0.143. The van der Waals surface area contributed by atoms with E-state index in [4.69, 9.17) is 4.74 Å². The molecule has 1 aliphatic rings. The number of anilines is 1. The number of hydrogen-bond donors (Lipinski definition) is 1. The summed E-state index contributed by atoms with van der Waals surface area (Å²) < 4.78 is 18.6. The maximum Gasteiger partial charge on any atom is 0.151 e. The van der Waals surface area contributed by atoms with E-state index >= 15 is 0 Å². The van der Waals surface area contributed by atoms with E-state index in [1.54, 1.807) is 18.1 Å². The van der Waals surface area contributed by atoms with Crippen LogP contribution in [0.25, 0.3) is 11.3 Å². The van der Waals surface area contributed by atoms with Gasteiger partial charge in [-0.1, -0.05) is 12.1 Å². The molecule has 1 saturated heterocycles. The SMILES string of the molecule is COc1ccccc1-c1ccc(N2C[C@@H](O)[C@H](F)C2)nn1. The fourth-order valence-electron chi connectivity index (χ4n) is 2.43. The van der Waals surface area contributed by atoms with Crippen molar-refractivity contribution in [1.29, 1.82) is 0 Å². The molecule has 0 bridgehead atoms. The fraction of sp³-hybridized carbons (Fsp3) is 0.333. The Morgan fingerprint density at radius 2 is 2.00 bits per heavy atom. The standard InChI is InChI=1S/C15H16FN3O2/c1-21-14-5-3-2-4-10(14)12-6-7-15(18-17-12)19-8-11(16)13(20)9-19/h2-7,11,13,20H,8-9H2,1H3/t11-,13-/m1/s1. The third kappa shape index (κ3) is 2.67. The third-order valence-corrected chi connectivity index (χ3v) is 3.58. The highest BCUT2D eigenvalue weighted by Crippen LogP contribution is 2.28. The van der Waals surface area contributed by atoms with Crippen LogP contribution in [-0.4, -0.2) is 47.8 Å². The van der Waals surface area contributed by atoms with Crippen molar-refractivity contribution < 1.29 is 14.2 Å². The summed E-state index contributed by atoms with van der Waals surface area (Å²) in [7, 11) is 1.60. The minimum Gasteiger partial charge on any atom is -0.496 e. The van der Waals surface area contributed by atoms with Crippen LogP contribution in [0.2, 0.25) is 0 Å². The molecule has 0 saturated carbocycles. The minimum atomic E-state index is -1.24. The van der Waals surface area contributed by atoms with Gasteiger partial charge in [0.1, 0.15) is 18.0 Å². The second-order valence-electron chi connectivity index (χ2n) is 4.97. The zero-order chi connectivity index (χ0) is 14.8. The Labute approximate surface area is 122 Å². The number of β-amino-alcohol motifs (C(OH)–C–C–N with tert-alkyl or cyclic N) is 1. The summed E-state index contributed by atoms with van der Waals surface area (Å²) in [6, 6.07) is 11.1. The Hall–Kier alpha value is -2.21. The summed E-state index contributed by atoms with van der Waals surface area (Å²) in [6.07, 6.45) is -2.19. The molecule has 0 radical (unpaired) electrons. The van der Waals surface area contributed by atoms with Crippen molar-refractivity contribution in [1.82, 2.24) is 10.2 Å². The first-order valence-electron chi connectivity index (χ1n) is 6.73. The van der Waals surface area contributed by atoms with Crippen LogP contribution in [0, 0.1) is 0 Å². The summed E-state index contributed by atoms with van der Waals surface area (Å²) in [4.78, 5) is 1.69. The van der Waals surface area contributed by atoms with Crippen molar-refractivity contribution in [2.24, 2.45) is 0 Å². The number of aliphatic hydroxyl groups excluding tert-OH is 1. The highest BCUT2D eigenvalue weighted by Gasteiger charge is 2.32. The number of nitrogens with zero attached hydrogens (tertiary/aromatic N) is 3. The van der Waals surface area contributed by atoms with Gasteiger partial charge in [-0.2, -0.15) is 0 Å². The normalized spacial score (nSPS) is 21.6. The molecule has 2 aromatic rings. The highest BCUT2D eigenvalue weighted by atomic mass is 19.1. The number of para-hydroxylation sites is 1. The van der Waals surface area contributed by atoms with E-state index in [1.807, 2.05) is 30.3 Å². The number of benzene rings is 1. The summed E-state index contributed by atoms with van der Waals surface area (Å²) in [5.74, 6) is 1.29. The molecule has 110 valence electrons. The number of hydrogen-bond acceptors (Lipinski definition) is 5. The monoisotopic (exact) mass is 289 g/mol. The van der Waals surface area contributed by atoms with Gasteiger partial charge in [0.2, 0.25) is 0 Å². The van der Waals surface area contributed by atoms with Crippen LogP contribution < -0.4 is 9.64 Å². The Morgan fingerprint density at radius 3 is 2.62 bits per heavy atom. The quantitative estimate of drug-likeness (QED) is 0.931. The number of halogens is 1. The average Bonchev–Trinajstić information content (AvgIpc) is 2.87. The predicted octanol–water partition coefficient (Wildman–Crippen LogP) is 1.67. The summed E-state index contributed by atoms with van der Waals surface area (Å²) >= 11 is 0. The van der Waals surface area contributed by atoms with Crippen molar-refractivity contribution in [3.63, 3.8) is 0 Å². The maximum atomic E-state index is 13.3. The topological polar surface area (TPSA) is 58.5 Å². The number of ether oxygens (including phenoxy) is 1. The van der Waals surface area contributed by atoms with Crippen LogP contribution >= 0.6 is 0 Å². The van der Waals surface area contributed by atoms with Crippen molar-refractivity contribution >= 4 is 5.82 Å². The molecule has 0 unspecified atom stereocenters. The Morgan fingerprint density at radius 1 is 1.19 bits per heavy atom. The number of aromatic nitrogens is 2. The summed E-state index contributed by atoms with van der Waals surface area (Å²) in [6.45, 7) is 0.383. The highest BCUT2D eigenvalue weighted by molar-refractivity contribution is 5.67. The van der Waals surface area contributed by atoms with Crippen molar-refractivity contribution in [2.45, 2.75) is 12.3 Å². The van der Waals surface area contributed by atoms with Crippen molar-refractivity contribution in [3.8, 4) is 17.0 Å². The molecule has 6 heteroatoms. The van der Waals surface area contributed by atoms with Gasteiger partial charge in [-0.05, 0) is 24.3 Å². The zero-order valence-corrected chi connectivity index (χ0v) is 11.6. The molecule has 1 fully saturated rings. The van der Waals surface area contributed by atoms with Gasteiger partial charge < -0.3 is 14.7 Å².